The van der Waals surface area contributed by atoms with Crippen LogP contribution in [-0.4, -0.2) is 23.1 Å². The van der Waals surface area contributed by atoms with Crippen LogP contribution in [0, 0.1) is 6.92 Å². The SMILES string of the molecule is Cc1ccc(NC(=S)N2CCCCCCC2)cc1. The summed E-state index contributed by atoms with van der Waals surface area (Å²) in [6.45, 7) is 4.29. The molecule has 1 aromatic carbocycles. The van der Waals surface area contributed by atoms with E-state index < -0.39 is 0 Å². The topological polar surface area (TPSA) is 15.3 Å². The number of benzene rings is 1. The lowest BCUT2D eigenvalue weighted by molar-refractivity contribution is 0.366. The molecule has 1 aliphatic rings. The summed E-state index contributed by atoms with van der Waals surface area (Å²) in [5.74, 6) is 0. The predicted octanol–water partition coefficient (Wildman–Crippen LogP) is 3.96. The summed E-state index contributed by atoms with van der Waals surface area (Å²) in [4.78, 5) is 2.31. The van der Waals surface area contributed by atoms with Crippen molar-refractivity contribution in [3.05, 3.63) is 29.8 Å². The van der Waals surface area contributed by atoms with Crippen LogP contribution in [0.1, 0.15) is 37.7 Å². The second-order valence-electron chi connectivity index (χ2n) is 5.05. The maximum Gasteiger partial charge on any atom is 0.173 e. The van der Waals surface area contributed by atoms with Crippen LogP contribution in [-0.2, 0) is 0 Å². The van der Waals surface area contributed by atoms with E-state index in [2.05, 4.69) is 41.4 Å². The standard InChI is InChI=1S/C15H22N2S/c1-13-7-9-14(10-8-13)16-15(18)17-11-5-3-2-4-6-12-17/h7-10H,2-6,11-12H2,1H3,(H,16,18). The van der Waals surface area contributed by atoms with Crippen LogP contribution in [0.5, 0.6) is 0 Å². The van der Waals surface area contributed by atoms with Crippen molar-refractivity contribution in [2.75, 3.05) is 18.4 Å². The molecule has 0 aliphatic carbocycles. The first-order valence-corrected chi connectivity index (χ1v) is 7.29. The number of thiocarbonyl (C=S) groups is 1. The van der Waals surface area contributed by atoms with Crippen LogP contribution in [0.3, 0.4) is 0 Å². The van der Waals surface area contributed by atoms with Crippen molar-refractivity contribution < 1.29 is 0 Å². The zero-order valence-electron chi connectivity index (χ0n) is 11.1. The van der Waals surface area contributed by atoms with Crippen LogP contribution in [0.15, 0.2) is 24.3 Å². The van der Waals surface area contributed by atoms with Gasteiger partial charge < -0.3 is 10.2 Å². The third-order valence-electron chi connectivity index (χ3n) is 3.45. The van der Waals surface area contributed by atoms with E-state index in [0.717, 1.165) is 23.9 Å². The minimum atomic E-state index is 0.876. The number of anilines is 1. The molecule has 0 atom stereocenters. The van der Waals surface area contributed by atoms with Gasteiger partial charge in [-0.1, -0.05) is 37.0 Å². The maximum absolute atomic E-state index is 5.51. The van der Waals surface area contributed by atoms with Crippen molar-refractivity contribution in [3.63, 3.8) is 0 Å². The fourth-order valence-electron chi connectivity index (χ4n) is 2.29. The largest absolute Gasteiger partial charge is 0.349 e. The summed E-state index contributed by atoms with van der Waals surface area (Å²) in [6, 6.07) is 8.40. The molecule has 1 aromatic rings. The Labute approximate surface area is 115 Å². The molecule has 3 heteroatoms. The van der Waals surface area contributed by atoms with Crippen LogP contribution in [0.25, 0.3) is 0 Å². The van der Waals surface area contributed by atoms with E-state index in [1.807, 2.05) is 0 Å². The van der Waals surface area contributed by atoms with E-state index in [4.69, 9.17) is 12.2 Å². The van der Waals surface area contributed by atoms with E-state index in [0.29, 0.717) is 0 Å². The molecule has 0 saturated carbocycles. The summed E-state index contributed by atoms with van der Waals surface area (Å²) in [5, 5.41) is 4.22. The molecule has 2 rings (SSSR count). The lowest BCUT2D eigenvalue weighted by Gasteiger charge is -2.27. The Bertz CT molecular complexity index is 378. The Kier molecular flexibility index (Phi) is 5.00. The lowest BCUT2D eigenvalue weighted by atomic mass is 10.1. The van der Waals surface area contributed by atoms with Gasteiger partial charge in [0.05, 0.1) is 0 Å². The average molecular weight is 262 g/mol. The van der Waals surface area contributed by atoms with Gasteiger partial charge in [0.25, 0.3) is 0 Å². The molecule has 0 radical (unpaired) electrons. The second kappa shape index (κ2) is 6.74. The molecule has 0 bridgehead atoms. The van der Waals surface area contributed by atoms with E-state index in [1.54, 1.807) is 0 Å². The van der Waals surface area contributed by atoms with Crippen molar-refractivity contribution in [3.8, 4) is 0 Å². The molecule has 0 amide bonds. The number of hydrogen-bond acceptors (Lipinski definition) is 1. The smallest absolute Gasteiger partial charge is 0.173 e. The Morgan fingerprint density at radius 3 is 2.17 bits per heavy atom. The second-order valence-corrected chi connectivity index (χ2v) is 5.44. The number of nitrogens with one attached hydrogen (secondary N) is 1. The summed E-state index contributed by atoms with van der Waals surface area (Å²) in [7, 11) is 0. The number of hydrogen-bond donors (Lipinski definition) is 1. The fourth-order valence-corrected chi connectivity index (χ4v) is 2.59. The van der Waals surface area contributed by atoms with Gasteiger partial charge in [0, 0.05) is 18.8 Å². The molecule has 2 nitrogen and oxygen atoms in total. The molecule has 18 heavy (non-hydrogen) atoms. The first-order chi connectivity index (χ1) is 8.75. The highest BCUT2D eigenvalue weighted by Gasteiger charge is 2.11. The number of likely N-dealkylation sites (tertiary alicyclic amines) is 1. The van der Waals surface area contributed by atoms with Crippen molar-refractivity contribution in [2.24, 2.45) is 0 Å². The van der Waals surface area contributed by atoms with Crippen LogP contribution < -0.4 is 5.32 Å². The first kappa shape index (κ1) is 13.3. The van der Waals surface area contributed by atoms with Gasteiger partial charge in [0.15, 0.2) is 5.11 Å². The molecule has 0 aromatic heterocycles. The van der Waals surface area contributed by atoms with Gasteiger partial charge in [-0.2, -0.15) is 0 Å². The zero-order chi connectivity index (χ0) is 12.8. The summed E-state index contributed by atoms with van der Waals surface area (Å²) >= 11 is 5.51. The van der Waals surface area contributed by atoms with Gasteiger partial charge in [-0.3, -0.25) is 0 Å². The van der Waals surface area contributed by atoms with E-state index in [9.17, 15) is 0 Å². The fraction of sp³-hybridized carbons (Fsp3) is 0.533. The normalized spacial score (nSPS) is 16.8. The number of rotatable bonds is 1. The molecule has 0 spiro atoms. The quantitative estimate of drug-likeness (QED) is 0.771. The summed E-state index contributed by atoms with van der Waals surface area (Å²) in [5.41, 5.74) is 2.37. The minimum Gasteiger partial charge on any atom is -0.349 e. The van der Waals surface area contributed by atoms with Crippen LogP contribution in [0.2, 0.25) is 0 Å². The molecule has 0 unspecified atom stereocenters. The predicted molar refractivity (Wildman–Crippen MR) is 82.1 cm³/mol. The highest BCUT2D eigenvalue weighted by Crippen LogP contribution is 2.13. The van der Waals surface area contributed by atoms with Crippen LogP contribution >= 0.6 is 12.2 Å². The molecular formula is C15H22N2S. The monoisotopic (exact) mass is 262 g/mol. The van der Waals surface area contributed by atoms with E-state index in [1.165, 1.54) is 37.7 Å². The highest BCUT2D eigenvalue weighted by atomic mass is 32.1. The van der Waals surface area contributed by atoms with E-state index in [-0.39, 0.29) is 0 Å². The van der Waals surface area contributed by atoms with Gasteiger partial charge >= 0.3 is 0 Å². The molecule has 98 valence electrons. The zero-order valence-corrected chi connectivity index (χ0v) is 11.9. The molecule has 1 N–H and O–H groups in total. The maximum atomic E-state index is 5.51. The van der Waals surface area contributed by atoms with Crippen molar-refractivity contribution in [1.29, 1.82) is 0 Å². The Morgan fingerprint density at radius 1 is 1.00 bits per heavy atom. The van der Waals surface area contributed by atoms with E-state index >= 15 is 0 Å². The first-order valence-electron chi connectivity index (χ1n) is 6.88. The van der Waals surface area contributed by atoms with Gasteiger partial charge in [0.1, 0.15) is 0 Å². The summed E-state index contributed by atoms with van der Waals surface area (Å²) in [6.07, 6.45) is 6.57. The number of aryl methyl sites for hydroxylation is 1. The van der Waals surface area contributed by atoms with Crippen molar-refractivity contribution in [1.82, 2.24) is 4.90 Å². The third kappa shape index (κ3) is 3.98. The summed E-state index contributed by atoms with van der Waals surface area (Å²) < 4.78 is 0. The van der Waals surface area contributed by atoms with Gasteiger partial charge in [-0.05, 0) is 44.1 Å². The molecular weight excluding hydrogens is 240 g/mol. The Morgan fingerprint density at radius 2 is 1.56 bits per heavy atom. The van der Waals surface area contributed by atoms with Gasteiger partial charge in [-0.25, -0.2) is 0 Å². The molecule has 1 saturated heterocycles. The third-order valence-corrected chi connectivity index (χ3v) is 3.81. The molecule has 1 aliphatic heterocycles. The van der Waals surface area contributed by atoms with Crippen LogP contribution in [0.4, 0.5) is 5.69 Å². The lowest BCUT2D eigenvalue weighted by Crippen LogP contribution is -2.36. The van der Waals surface area contributed by atoms with Gasteiger partial charge in [-0.15, -0.1) is 0 Å². The molecule has 1 heterocycles. The average Bonchev–Trinajstić information content (AvgIpc) is 2.31. The van der Waals surface area contributed by atoms with Crippen molar-refractivity contribution in [2.45, 2.75) is 39.0 Å². The molecule has 1 fully saturated rings. The number of nitrogens with zero attached hydrogens (tertiary/aromatic N) is 1. The Balaban J connectivity index is 1.91. The van der Waals surface area contributed by atoms with Crippen molar-refractivity contribution >= 4 is 23.0 Å². The van der Waals surface area contributed by atoms with Gasteiger partial charge in [0.2, 0.25) is 0 Å². The Hall–Kier alpha value is -1.09. The minimum absolute atomic E-state index is 0.876. The highest BCUT2D eigenvalue weighted by molar-refractivity contribution is 7.80.